The Balaban J connectivity index is 2.70. The van der Waals surface area contributed by atoms with Crippen molar-refractivity contribution in [2.45, 2.75) is 20.4 Å². The normalized spacial score (nSPS) is 10.7. The molecular weight excluding hydrogens is 226 g/mol. The van der Waals surface area contributed by atoms with E-state index < -0.39 is 0 Å². The first-order valence-corrected chi connectivity index (χ1v) is 5.95. The van der Waals surface area contributed by atoms with Crippen LogP contribution >= 0.6 is 0 Å². The van der Waals surface area contributed by atoms with Gasteiger partial charge in [-0.05, 0) is 31.0 Å². The van der Waals surface area contributed by atoms with Crippen LogP contribution in [0.4, 0.5) is 0 Å². The maximum absolute atomic E-state index is 5.80. The molecule has 2 aromatic rings. The van der Waals surface area contributed by atoms with E-state index in [-0.39, 0.29) is 0 Å². The molecule has 0 amide bonds. The van der Waals surface area contributed by atoms with Gasteiger partial charge >= 0.3 is 0 Å². The van der Waals surface area contributed by atoms with E-state index in [1.54, 1.807) is 7.11 Å². The fraction of sp³-hybridized carbons (Fsp3) is 0.357. The van der Waals surface area contributed by atoms with E-state index in [4.69, 9.17) is 10.5 Å². The van der Waals surface area contributed by atoms with Crippen LogP contribution in [0.3, 0.4) is 0 Å². The van der Waals surface area contributed by atoms with Crippen LogP contribution in [-0.2, 0) is 13.6 Å². The van der Waals surface area contributed by atoms with E-state index in [0.717, 1.165) is 22.6 Å². The Labute approximate surface area is 107 Å². The first-order chi connectivity index (χ1) is 8.58. The van der Waals surface area contributed by atoms with Crippen LogP contribution in [0.2, 0.25) is 0 Å². The van der Waals surface area contributed by atoms with Crippen LogP contribution in [0.1, 0.15) is 16.8 Å². The smallest absolute Gasteiger partial charge is 0.127 e. The molecule has 4 nitrogen and oxygen atoms in total. The van der Waals surface area contributed by atoms with Crippen LogP contribution in [0, 0.1) is 13.8 Å². The molecule has 0 saturated heterocycles. The van der Waals surface area contributed by atoms with Crippen LogP contribution in [0.5, 0.6) is 5.75 Å². The predicted molar refractivity (Wildman–Crippen MR) is 72.6 cm³/mol. The number of aromatic nitrogens is 2. The van der Waals surface area contributed by atoms with Gasteiger partial charge < -0.3 is 10.5 Å². The predicted octanol–water partition coefficient (Wildman–Crippen LogP) is 2.17. The summed E-state index contributed by atoms with van der Waals surface area (Å²) in [6.45, 7) is 4.60. The summed E-state index contributed by atoms with van der Waals surface area (Å²) >= 11 is 0. The number of hydrogen-bond acceptors (Lipinski definition) is 3. The molecule has 0 saturated carbocycles. The van der Waals surface area contributed by atoms with Crippen molar-refractivity contribution in [2.75, 3.05) is 7.11 Å². The van der Waals surface area contributed by atoms with Crippen molar-refractivity contribution in [3.05, 3.63) is 35.2 Å². The SMILES string of the molecule is COc1cc(C)cc(C)c1-c1cnn(C)c1CN. The molecule has 4 heteroatoms. The Morgan fingerprint density at radius 2 is 2.06 bits per heavy atom. The van der Waals surface area contributed by atoms with Gasteiger partial charge in [0.25, 0.3) is 0 Å². The molecule has 0 radical (unpaired) electrons. The summed E-state index contributed by atoms with van der Waals surface area (Å²) in [5.41, 5.74) is 11.3. The Hall–Kier alpha value is -1.81. The van der Waals surface area contributed by atoms with E-state index >= 15 is 0 Å². The molecule has 1 aromatic heterocycles. The fourth-order valence-corrected chi connectivity index (χ4v) is 2.35. The number of nitrogens with zero attached hydrogens (tertiary/aromatic N) is 2. The lowest BCUT2D eigenvalue weighted by Gasteiger charge is -2.13. The van der Waals surface area contributed by atoms with E-state index in [0.29, 0.717) is 6.54 Å². The molecule has 0 spiro atoms. The molecule has 0 fully saturated rings. The van der Waals surface area contributed by atoms with Crippen molar-refractivity contribution in [2.24, 2.45) is 12.8 Å². The lowest BCUT2D eigenvalue weighted by atomic mass is 9.97. The number of rotatable bonds is 3. The second kappa shape index (κ2) is 4.82. The minimum Gasteiger partial charge on any atom is -0.496 e. The lowest BCUT2D eigenvalue weighted by Crippen LogP contribution is -2.06. The molecule has 1 heterocycles. The molecule has 0 bridgehead atoms. The van der Waals surface area contributed by atoms with Crippen molar-refractivity contribution < 1.29 is 4.74 Å². The van der Waals surface area contributed by atoms with Crippen molar-refractivity contribution in [1.82, 2.24) is 9.78 Å². The van der Waals surface area contributed by atoms with Gasteiger partial charge in [0, 0.05) is 24.7 Å². The van der Waals surface area contributed by atoms with Gasteiger partial charge in [-0.3, -0.25) is 4.68 Å². The molecule has 2 N–H and O–H groups in total. The molecular formula is C14H19N3O. The van der Waals surface area contributed by atoms with Crippen LogP contribution in [0.25, 0.3) is 11.1 Å². The molecule has 1 aromatic carbocycles. The molecule has 96 valence electrons. The van der Waals surface area contributed by atoms with Crippen molar-refractivity contribution in [3.63, 3.8) is 0 Å². The lowest BCUT2D eigenvalue weighted by molar-refractivity contribution is 0.416. The Kier molecular flexibility index (Phi) is 3.39. The second-order valence-electron chi connectivity index (χ2n) is 4.49. The van der Waals surface area contributed by atoms with Gasteiger partial charge in [-0.2, -0.15) is 5.10 Å². The quantitative estimate of drug-likeness (QED) is 0.901. The van der Waals surface area contributed by atoms with Gasteiger partial charge in [-0.25, -0.2) is 0 Å². The third kappa shape index (κ3) is 1.99. The zero-order valence-corrected chi connectivity index (χ0v) is 11.3. The third-order valence-electron chi connectivity index (χ3n) is 3.19. The first kappa shape index (κ1) is 12.6. The van der Waals surface area contributed by atoms with Gasteiger partial charge in [0.05, 0.1) is 19.0 Å². The summed E-state index contributed by atoms with van der Waals surface area (Å²) in [7, 11) is 3.60. The Morgan fingerprint density at radius 3 is 2.67 bits per heavy atom. The van der Waals surface area contributed by atoms with E-state index in [1.807, 2.05) is 24.0 Å². The number of ether oxygens (including phenoxy) is 1. The van der Waals surface area contributed by atoms with E-state index in [9.17, 15) is 0 Å². The number of hydrogen-bond donors (Lipinski definition) is 1. The summed E-state index contributed by atoms with van der Waals surface area (Å²) in [5, 5.41) is 4.28. The number of benzene rings is 1. The molecule has 0 atom stereocenters. The second-order valence-corrected chi connectivity index (χ2v) is 4.49. The van der Waals surface area contributed by atoms with Crippen molar-refractivity contribution in [1.29, 1.82) is 0 Å². The van der Waals surface area contributed by atoms with Gasteiger partial charge in [-0.1, -0.05) is 6.07 Å². The van der Waals surface area contributed by atoms with Crippen LogP contribution in [-0.4, -0.2) is 16.9 Å². The molecule has 0 aliphatic heterocycles. The molecule has 0 aliphatic carbocycles. The van der Waals surface area contributed by atoms with Gasteiger partial charge in [0.1, 0.15) is 5.75 Å². The average Bonchev–Trinajstić information content (AvgIpc) is 2.69. The van der Waals surface area contributed by atoms with Gasteiger partial charge in [0.15, 0.2) is 0 Å². The third-order valence-corrected chi connectivity index (χ3v) is 3.19. The summed E-state index contributed by atoms with van der Waals surface area (Å²) in [5.74, 6) is 0.871. The standard InChI is InChI=1S/C14H19N3O/c1-9-5-10(2)14(13(6-9)18-4)11-8-16-17(3)12(11)7-15/h5-6,8H,7,15H2,1-4H3. The highest BCUT2D eigenvalue weighted by Crippen LogP contribution is 2.35. The van der Waals surface area contributed by atoms with E-state index in [2.05, 4.69) is 25.0 Å². The Bertz CT molecular complexity index is 573. The maximum atomic E-state index is 5.80. The number of aryl methyl sites for hydroxylation is 3. The molecule has 2 rings (SSSR count). The Morgan fingerprint density at radius 1 is 1.33 bits per heavy atom. The number of methoxy groups -OCH3 is 1. The summed E-state index contributed by atoms with van der Waals surface area (Å²) < 4.78 is 7.31. The van der Waals surface area contributed by atoms with Crippen molar-refractivity contribution in [3.8, 4) is 16.9 Å². The van der Waals surface area contributed by atoms with Gasteiger partial charge in [0.2, 0.25) is 0 Å². The van der Waals surface area contributed by atoms with Crippen LogP contribution in [0.15, 0.2) is 18.3 Å². The highest BCUT2D eigenvalue weighted by atomic mass is 16.5. The van der Waals surface area contributed by atoms with Gasteiger partial charge in [-0.15, -0.1) is 0 Å². The number of nitrogens with two attached hydrogens (primary N) is 1. The highest BCUT2D eigenvalue weighted by molar-refractivity contribution is 5.75. The minimum absolute atomic E-state index is 0.461. The average molecular weight is 245 g/mol. The zero-order chi connectivity index (χ0) is 13.3. The molecule has 0 aliphatic rings. The summed E-state index contributed by atoms with van der Waals surface area (Å²) in [6.07, 6.45) is 1.85. The maximum Gasteiger partial charge on any atom is 0.127 e. The topological polar surface area (TPSA) is 53.1 Å². The molecule has 18 heavy (non-hydrogen) atoms. The fourth-order valence-electron chi connectivity index (χ4n) is 2.35. The first-order valence-electron chi connectivity index (χ1n) is 5.95. The van der Waals surface area contributed by atoms with Crippen molar-refractivity contribution >= 4 is 0 Å². The van der Waals surface area contributed by atoms with E-state index in [1.165, 1.54) is 11.1 Å². The highest BCUT2D eigenvalue weighted by Gasteiger charge is 2.16. The summed E-state index contributed by atoms with van der Waals surface area (Å²) in [4.78, 5) is 0. The summed E-state index contributed by atoms with van der Waals surface area (Å²) in [6, 6.07) is 4.18. The van der Waals surface area contributed by atoms with Crippen LogP contribution < -0.4 is 10.5 Å². The minimum atomic E-state index is 0.461. The zero-order valence-electron chi connectivity index (χ0n) is 11.3. The molecule has 0 unspecified atom stereocenters. The largest absolute Gasteiger partial charge is 0.496 e. The monoisotopic (exact) mass is 245 g/mol.